The van der Waals surface area contributed by atoms with E-state index in [1.165, 1.54) is 0 Å². The van der Waals surface area contributed by atoms with Crippen LogP contribution in [0.3, 0.4) is 0 Å². The Kier molecular flexibility index (Phi) is 5.02. The summed E-state index contributed by atoms with van der Waals surface area (Å²) < 4.78 is 0. The zero-order valence-corrected chi connectivity index (χ0v) is 10.7. The summed E-state index contributed by atoms with van der Waals surface area (Å²) in [4.78, 5) is 22.3. The van der Waals surface area contributed by atoms with Gasteiger partial charge in [0.05, 0.1) is 12.6 Å². The maximum atomic E-state index is 11.7. The van der Waals surface area contributed by atoms with Crippen LogP contribution in [0.25, 0.3) is 0 Å². The van der Waals surface area contributed by atoms with Crippen LogP contribution in [-0.4, -0.2) is 40.3 Å². The van der Waals surface area contributed by atoms with E-state index >= 15 is 0 Å². The highest BCUT2D eigenvalue weighted by Gasteiger charge is 2.30. The Hall–Kier alpha value is -1.92. The van der Waals surface area contributed by atoms with E-state index in [-0.39, 0.29) is 6.54 Å². The molecule has 0 aliphatic carbocycles. The molecule has 0 aliphatic rings. The van der Waals surface area contributed by atoms with Gasteiger partial charge in [-0.15, -0.1) is 0 Å². The number of hydrogen-bond donors (Lipinski definition) is 4. The molecule has 19 heavy (non-hydrogen) atoms. The lowest BCUT2D eigenvalue weighted by atomic mass is 10.0. The van der Waals surface area contributed by atoms with E-state index in [4.69, 9.17) is 10.8 Å². The number of amides is 1. The monoisotopic (exact) mass is 266 g/mol. The number of carboxylic acid groups (broad SMARTS) is 1. The van der Waals surface area contributed by atoms with Crippen molar-refractivity contribution < 1.29 is 19.8 Å². The topological polar surface area (TPSA) is 113 Å². The molecule has 0 heterocycles. The Morgan fingerprint density at radius 2 is 1.95 bits per heavy atom. The molecule has 1 aromatic rings. The maximum Gasteiger partial charge on any atom is 0.337 e. The molecule has 0 bridgehead atoms. The van der Waals surface area contributed by atoms with E-state index in [9.17, 15) is 14.7 Å². The molecule has 0 aromatic heterocycles. The standard InChI is InChI=1S/C13H18N2O4/c1-13(19,12(17)18)8-15-11(16)10(14)7-9-5-3-2-4-6-9/h2-6,10,19H,7-8,14H2,1H3,(H,15,16)(H,17,18)/t10-,13?/m1/s1. The van der Waals surface area contributed by atoms with Crippen molar-refractivity contribution in [3.05, 3.63) is 35.9 Å². The molecule has 1 unspecified atom stereocenters. The second kappa shape index (κ2) is 6.31. The van der Waals surface area contributed by atoms with Crippen LogP contribution in [0.4, 0.5) is 0 Å². The summed E-state index contributed by atoms with van der Waals surface area (Å²) in [7, 11) is 0. The summed E-state index contributed by atoms with van der Waals surface area (Å²) >= 11 is 0. The zero-order valence-electron chi connectivity index (χ0n) is 10.7. The van der Waals surface area contributed by atoms with Crippen LogP contribution >= 0.6 is 0 Å². The SMILES string of the molecule is CC(O)(CNC(=O)[C@H](N)Cc1ccccc1)C(=O)O. The Morgan fingerprint density at radius 1 is 1.37 bits per heavy atom. The number of nitrogens with one attached hydrogen (secondary N) is 1. The maximum absolute atomic E-state index is 11.7. The molecule has 0 saturated carbocycles. The normalized spacial score (nSPS) is 15.3. The number of carbonyl (C=O) groups excluding carboxylic acids is 1. The molecule has 6 nitrogen and oxygen atoms in total. The minimum Gasteiger partial charge on any atom is -0.479 e. The van der Waals surface area contributed by atoms with E-state index in [1.54, 1.807) is 0 Å². The molecule has 1 rings (SSSR count). The summed E-state index contributed by atoms with van der Waals surface area (Å²) in [6.45, 7) is 0.724. The predicted molar refractivity (Wildman–Crippen MR) is 69.4 cm³/mol. The molecule has 6 heteroatoms. The minimum absolute atomic E-state index is 0.349. The fourth-order valence-corrected chi connectivity index (χ4v) is 1.43. The quantitative estimate of drug-likeness (QED) is 0.555. The van der Waals surface area contributed by atoms with Crippen LogP contribution in [-0.2, 0) is 16.0 Å². The van der Waals surface area contributed by atoms with Crippen molar-refractivity contribution in [3.8, 4) is 0 Å². The predicted octanol–water partition coefficient (Wildman–Crippen LogP) is -0.492. The van der Waals surface area contributed by atoms with Crippen LogP contribution in [0.1, 0.15) is 12.5 Å². The van der Waals surface area contributed by atoms with E-state index in [0.717, 1.165) is 12.5 Å². The van der Waals surface area contributed by atoms with Crippen molar-refractivity contribution in [2.45, 2.75) is 25.0 Å². The molecule has 5 N–H and O–H groups in total. The zero-order chi connectivity index (χ0) is 14.5. The van der Waals surface area contributed by atoms with Gasteiger partial charge in [0.25, 0.3) is 0 Å². The minimum atomic E-state index is -2.00. The molecule has 0 spiro atoms. The van der Waals surface area contributed by atoms with Gasteiger partial charge in [-0.1, -0.05) is 30.3 Å². The van der Waals surface area contributed by atoms with Crippen LogP contribution < -0.4 is 11.1 Å². The number of aliphatic hydroxyl groups is 1. The largest absolute Gasteiger partial charge is 0.479 e. The van der Waals surface area contributed by atoms with Crippen LogP contribution in [0.2, 0.25) is 0 Å². The first-order valence-electron chi connectivity index (χ1n) is 5.86. The first-order chi connectivity index (χ1) is 8.83. The summed E-state index contributed by atoms with van der Waals surface area (Å²) in [5.74, 6) is -1.89. The fourth-order valence-electron chi connectivity index (χ4n) is 1.43. The lowest BCUT2D eigenvalue weighted by Gasteiger charge is -2.20. The van der Waals surface area contributed by atoms with Gasteiger partial charge in [0, 0.05) is 0 Å². The average Bonchev–Trinajstić information content (AvgIpc) is 2.37. The summed E-state index contributed by atoms with van der Waals surface area (Å²) in [5, 5.41) is 20.5. The van der Waals surface area contributed by atoms with Gasteiger partial charge >= 0.3 is 5.97 Å². The van der Waals surface area contributed by atoms with Gasteiger partial charge in [0.2, 0.25) is 5.91 Å². The van der Waals surface area contributed by atoms with Crippen molar-refractivity contribution in [3.63, 3.8) is 0 Å². The molecular weight excluding hydrogens is 248 g/mol. The molecular formula is C13H18N2O4. The highest BCUT2D eigenvalue weighted by atomic mass is 16.4. The second-order valence-corrected chi connectivity index (χ2v) is 4.59. The number of carbonyl (C=O) groups is 2. The lowest BCUT2D eigenvalue weighted by Crippen LogP contribution is -2.50. The smallest absolute Gasteiger partial charge is 0.337 e. The number of hydrogen-bond acceptors (Lipinski definition) is 4. The van der Waals surface area contributed by atoms with Crippen LogP contribution in [0, 0.1) is 0 Å². The van der Waals surface area contributed by atoms with E-state index < -0.39 is 23.5 Å². The molecule has 0 saturated heterocycles. The molecule has 0 fully saturated rings. The van der Waals surface area contributed by atoms with E-state index in [0.29, 0.717) is 6.42 Å². The van der Waals surface area contributed by atoms with Gasteiger partial charge in [0.15, 0.2) is 5.60 Å². The summed E-state index contributed by atoms with van der Waals surface area (Å²) in [6, 6.07) is 8.46. The van der Waals surface area contributed by atoms with Crippen molar-refractivity contribution in [2.24, 2.45) is 5.73 Å². The molecule has 0 radical (unpaired) electrons. The van der Waals surface area contributed by atoms with Crippen LogP contribution in [0.5, 0.6) is 0 Å². The van der Waals surface area contributed by atoms with Crippen molar-refractivity contribution in [1.82, 2.24) is 5.32 Å². The van der Waals surface area contributed by atoms with Gasteiger partial charge in [-0.2, -0.15) is 0 Å². The van der Waals surface area contributed by atoms with Gasteiger partial charge in [-0.25, -0.2) is 4.79 Å². The summed E-state index contributed by atoms with van der Waals surface area (Å²) in [5.41, 5.74) is 4.63. The number of aliphatic carboxylic acids is 1. The third kappa shape index (κ3) is 4.69. The number of nitrogens with two attached hydrogens (primary N) is 1. The van der Waals surface area contributed by atoms with E-state index in [1.807, 2.05) is 30.3 Å². The Morgan fingerprint density at radius 3 is 2.47 bits per heavy atom. The first-order valence-corrected chi connectivity index (χ1v) is 5.86. The summed E-state index contributed by atoms with van der Waals surface area (Å²) in [6.07, 6.45) is 0.349. The van der Waals surface area contributed by atoms with Crippen LogP contribution in [0.15, 0.2) is 30.3 Å². The third-order valence-electron chi connectivity index (χ3n) is 2.70. The molecule has 104 valence electrons. The number of rotatable bonds is 6. The first kappa shape index (κ1) is 15.1. The second-order valence-electron chi connectivity index (χ2n) is 4.59. The van der Waals surface area contributed by atoms with Crippen molar-refractivity contribution >= 4 is 11.9 Å². The lowest BCUT2D eigenvalue weighted by molar-refractivity contribution is -0.156. The highest BCUT2D eigenvalue weighted by Crippen LogP contribution is 2.03. The molecule has 2 atom stereocenters. The van der Waals surface area contributed by atoms with Gasteiger partial charge in [-0.05, 0) is 18.9 Å². The van der Waals surface area contributed by atoms with Crippen molar-refractivity contribution in [1.29, 1.82) is 0 Å². The fraction of sp³-hybridized carbons (Fsp3) is 0.385. The van der Waals surface area contributed by atoms with Gasteiger partial charge < -0.3 is 21.3 Å². The average molecular weight is 266 g/mol. The molecule has 1 amide bonds. The molecule has 0 aliphatic heterocycles. The molecule has 1 aromatic carbocycles. The Labute approximate surface area is 111 Å². The Balaban J connectivity index is 2.48. The Bertz CT molecular complexity index is 445. The van der Waals surface area contributed by atoms with Crippen molar-refractivity contribution in [2.75, 3.05) is 6.54 Å². The number of carboxylic acids is 1. The van der Waals surface area contributed by atoms with E-state index in [2.05, 4.69) is 5.32 Å². The van der Waals surface area contributed by atoms with Gasteiger partial charge in [-0.3, -0.25) is 4.79 Å². The number of benzene rings is 1. The van der Waals surface area contributed by atoms with Gasteiger partial charge in [0.1, 0.15) is 0 Å². The highest BCUT2D eigenvalue weighted by molar-refractivity contribution is 5.83. The third-order valence-corrected chi connectivity index (χ3v) is 2.70.